The molecule has 0 aliphatic rings. The zero-order valence-electron chi connectivity index (χ0n) is 8.59. The van der Waals surface area contributed by atoms with Crippen molar-refractivity contribution in [3.05, 3.63) is 0 Å². The Labute approximate surface area is 80.5 Å². The van der Waals surface area contributed by atoms with E-state index in [4.69, 9.17) is 0 Å². The zero-order chi connectivity index (χ0) is 10.2. The highest BCUT2D eigenvalue weighted by atomic mass is 32.2. The number of hydrogen-bond donors (Lipinski definition) is 0. The van der Waals surface area contributed by atoms with E-state index in [1.54, 1.807) is 0 Å². The Morgan fingerprint density at radius 1 is 1.33 bits per heavy atom. The normalized spacial score (nSPS) is 10.1. The van der Waals surface area contributed by atoms with Crippen molar-refractivity contribution in [1.82, 2.24) is 0 Å². The second-order valence-corrected chi connectivity index (χ2v) is 10.2. The molecule has 0 atom stereocenters. The van der Waals surface area contributed by atoms with Gasteiger partial charge in [0, 0.05) is 39.9 Å². The van der Waals surface area contributed by atoms with Crippen molar-refractivity contribution in [2.75, 3.05) is 38.7 Å². The molecular weight excluding hydrogens is 191 g/mol. The van der Waals surface area contributed by atoms with E-state index in [0.29, 0.717) is 5.75 Å². The summed E-state index contributed by atoms with van der Waals surface area (Å²) in [5.74, 6) is -0.308. The maximum Gasteiger partial charge on any atom is 0.0481 e. The predicted molar refractivity (Wildman–Crippen MR) is 58.6 cm³/mol. The summed E-state index contributed by atoms with van der Waals surface area (Å²) in [5.41, 5.74) is 0. The van der Waals surface area contributed by atoms with E-state index in [9.17, 15) is 9.90 Å². The summed E-state index contributed by atoms with van der Waals surface area (Å²) in [7, 11) is -0.389. The zero-order valence-corrected chi connectivity index (χ0v) is 10.3. The molecule has 0 N–H and O–H groups in total. The number of hydrogen-bond acceptors (Lipinski definition) is 3. The first kappa shape index (κ1) is 14.8. The molecule has 0 bridgehead atoms. The average molecular weight is 210 g/mol. The molecule has 2 nitrogen and oxygen atoms in total. The summed E-state index contributed by atoms with van der Waals surface area (Å²) in [4.78, 5) is 9.63. The molecule has 0 fully saturated rings. The van der Waals surface area contributed by atoms with Crippen LogP contribution < -0.4 is 5.11 Å². The van der Waals surface area contributed by atoms with Crippen molar-refractivity contribution >= 4 is 25.0 Å². The third kappa shape index (κ3) is 48.6. The van der Waals surface area contributed by atoms with Crippen LogP contribution in [0.1, 0.15) is 6.42 Å². The van der Waals surface area contributed by atoms with Crippen LogP contribution in [0, 0.1) is 0 Å². The lowest BCUT2D eigenvalue weighted by atomic mass is 10.5. The lowest BCUT2D eigenvalue weighted by molar-refractivity contribution is -0.305. The van der Waals surface area contributed by atoms with Gasteiger partial charge in [0.15, 0.2) is 0 Å². The van der Waals surface area contributed by atoms with Crippen LogP contribution in [0.15, 0.2) is 0 Å². The minimum absolute atomic E-state index is 0.168. The summed E-state index contributed by atoms with van der Waals surface area (Å²) in [6.45, 7) is 9.19. The van der Waals surface area contributed by atoms with Gasteiger partial charge in [0.05, 0.1) is 0 Å². The first-order valence-electron chi connectivity index (χ1n) is 3.75. The second-order valence-electron chi connectivity index (χ2n) is 3.80. The summed E-state index contributed by atoms with van der Waals surface area (Å²) >= 11 is 1.51. The molecule has 0 unspecified atom stereocenters. The number of carboxylic acids is 1. The smallest absolute Gasteiger partial charge is 0.0481 e. The largest absolute Gasteiger partial charge is 0.550 e. The van der Waals surface area contributed by atoms with Gasteiger partial charge < -0.3 is 9.90 Å². The number of thioether (sulfide) groups is 1. The minimum Gasteiger partial charge on any atom is -0.550 e. The minimum atomic E-state index is -0.964. The highest BCUT2D eigenvalue weighted by Crippen LogP contribution is 2.40. The van der Waals surface area contributed by atoms with Gasteiger partial charge in [-0.15, -0.1) is 0 Å². The van der Waals surface area contributed by atoms with E-state index in [-0.39, 0.29) is 13.7 Å². The van der Waals surface area contributed by atoms with E-state index < -0.39 is 5.97 Å². The molecule has 4 heteroatoms. The molecule has 0 aromatic carbocycles. The topological polar surface area (TPSA) is 40.1 Å². The van der Waals surface area contributed by atoms with E-state index in [1.807, 2.05) is 6.26 Å². The van der Waals surface area contributed by atoms with Gasteiger partial charge in [0.2, 0.25) is 0 Å². The first-order valence-corrected chi connectivity index (χ1v) is 8.72. The molecule has 0 aromatic heterocycles. The van der Waals surface area contributed by atoms with Crippen LogP contribution in [0.25, 0.3) is 0 Å². The number of carbonyl (C=O) groups is 1. The standard InChI is InChI=1S/C4H8O2S.C4H12P/c1-7-3-2-4(5)6;1-5(2,3)4/h2-3H2,1H3,(H,5,6);1-4H3/q;+1/p-1. The maximum atomic E-state index is 9.63. The number of rotatable bonds is 3. The lowest BCUT2D eigenvalue weighted by Crippen LogP contribution is -2.22. The van der Waals surface area contributed by atoms with E-state index in [1.165, 1.54) is 11.8 Å². The molecule has 0 heterocycles. The van der Waals surface area contributed by atoms with Crippen LogP contribution in [0.3, 0.4) is 0 Å². The highest BCUT2D eigenvalue weighted by Gasteiger charge is 2.03. The SMILES string of the molecule is CSCCC(=O)[O-].C[P+](C)(C)C. The number of carbonyl (C=O) groups excluding carboxylic acids is 1. The third-order valence-corrected chi connectivity index (χ3v) is 1.12. The van der Waals surface area contributed by atoms with Crippen LogP contribution in [0.5, 0.6) is 0 Å². The number of aliphatic carboxylic acids is 1. The van der Waals surface area contributed by atoms with Crippen LogP contribution >= 0.6 is 19.0 Å². The molecular formula is C8H19O2PS. The number of carboxylic acid groups (broad SMARTS) is 1. The van der Waals surface area contributed by atoms with E-state index in [0.717, 1.165) is 0 Å². The average Bonchev–Trinajstić information content (AvgIpc) is 1.79. The van der Waals surface area contributed by atoms with Gasteiger partial charge >= 0.3 is 0 Å². The van der Waals surface area contributed by atoms with Crippen molar-refractivity contribution in [3.63, 3.8) is 0 Å². The van der Waals surface area contributed by atoms with Gasteiger partial charge in [-0.3, -0.25) is 0 Å². The monoisotopic (exact) mass is 210 g/mol. The molecule has 0 spiro atoms. The van der Waals surface area contributed by atoms with Gasteiger partial charge in [-0.05, 0) is 18.4 Å². The highest BCUT2D eigenvalue weighted by molar-refractivity contribution is 7.98. The molecule has 0 aliphatic heterocycles. The Hall–Kier alpha value is 0.250. The van der Waals surface area contributed by atoms with Crippen molar-refractivity contribution in [1.29, 1.82) is 0 Å². The van der Waals surface area contributed by atoms with Gasteiger partial charge in [-0.2, -0.15) is 11.8 Å². The summed E-state index contributed by atoms with van der Waals surface area (Å²) in [5, 5.41) is 9.63. The molecule has 0 amide bonds. The van der Waals surface area contributed by atoms with Crippen molar-refractivity contribution < 1.29 is 9.90 Å². The fourth-order valence-corrected chi connectivity index (χ4v) is 0.556. The molecule has 0 aliphatic carbocycles. The third-order valence-electron chi connectivity index (χ3n) is 0.510. The van der Waals surface area contributed by atoms with Crippen LogP contribution in [-0.4, -0.2) is 44.6 Å². The summed E-state index contributed by atoms with van der Waals surface area (Å²) in [6, 6.07) is 0. The molecule has 0 saturated heterocycles. The van der Waals surface area contributed by atoms with Gasteiger partial charge in [-0.25, -0.2) is 0 Å². The maximum absolute atomic E-state index is 9.63. The Balaban J connectivity index is 0. The Bertz CT molecular complexity index is 115. The van der Waals surface area contributed by atoms with Crippen LogP contribution in [0.4, 0.5) is 0 Å². The summed E-state index contributed by atoms with van der Waals surface area (Å²) in [6.07, 6.45) is 2.03. The Morgan fingerprint density at radius 3 is 1.75 bits per heavy atom. The first-order chi connectivity index (χ1) is 5.27. The molecule has 0 rings (SSSR count). The van der Waals surface area contributed by atoms with Crippen molar-refractivity contribution in [2.24, 2.45) is 0 Å². The lowest BCUT2D eigenvalue weighted by Gasteiger charge is -1.97. The fraction of sp³-hybridized carbons (Fsp3) is 0.875. The quantitative estimate of drug-likeness (QED) is 0.653. The predicted octanol–water partition coefficient (Wildman–Crippen LogP) is 1.01. The molecule has 12 heavy (non-hydrogen) atoms. The van der Waals surface area contributed by atoms with Gasteiger partial charge in [0.25, 0.3) is 0 Å². The van der Waals surface area contributed by atoms with Crippen LogP contribution in [-0.2, 0) is 4.79 Å². The van der Waals surface area contributed by atoms with Crippen molar-refractivity contribution in [3.8, 4) is 0 Å². The van der Waals surface area contributed by atoms with E-state index in [2.05, 4.69) is 26.7 Å². The van der Waals surface area contributed by atoms with Crippen molar-refractivity contribution in [2.45, 2.75) is 6.42 Å². The second kappa shape index (κ2) is 7.88. The van der Waals surface area contributed by atoms with E-state index >= 15 is 0 Å². The van der Waals surface area contributed by atoms with Gasteiger partial charge in [-0.1, -0.05) is 0 Å². The molecule has 0 aromatic rings. The summed E-state index contributed by atoms with van der Waals surface area (Å²) < 4.78 is 0. The van der Waals surface area contributed by atoms with Gasteiger partial charge in [0.1, 0.15) is 0 Å². The molecule has 0 saturated carbocycles. The molecule has 0 radical (unpaired) electrons. The Kier molecular flexibility index (Phi) is 9.69. The van der Waals surface area contributed by atoms with Crippen LogP contribution in [0.2, 0.25) is 0 Å². The fourth-order valence-electron chi connectivity index (χ4n) is 0.185. The Morgan fingerprint density at radius 2 is 1.67 bits per heavy atom. The molecule has 74 valence electrons.